The highest BCUT2D eigenvalue weighted by atomic mass is 16.3. The fraction of sp³-hybridized carbons (Fsp3) is 0.409. The lowest BCUT2D eigenvalue weighted by Crippen LogP contribution is -2.38. The number of likely N-dealkylation sites (tertiary alicyclic amines) is 1. The van der Waals surface area contributed by atoms with Crippen LogP contribution in [0.25, 0.3) is 11.2 Å². The topological polar surface area (TPSA) is 74.5 Å². The van der Waals surface area contributed by atoms with E-state index in [1.54, 1.807) is 23.5 Å². The van der Waals surface area contributed by atoms with Crippen molar-refractivity contribution < 1.29 is 9.90 Å². The van der Waals surface area contributed by atoms with Gasteiger partial charge in [-0.2, -0.15) is 0 Å². The third-order valence-electron chi connectivity index (χ3n) is 5.78. The van der Waals surface area contributed by atoms with Crippen LogP contribution < -0.4 is 0 Å². The Labute approximate surface area is 170 Å². The first-order chi connectivity index (χ1) is 14.1. The number of carbonyl (C=O) groups is 1. The Morgan fingerprint density at radius 2 is 2.03 bits per heavy atom. The van der Waals surface area contributed by atoms with Crippen molar-refractivity contribution in [2.24, 2.45) is 0 Å². The van der Waals surface area contributed by atoms with Gasteiger partial charge < -0.3 is 19.5 Å². The van der Waals surface area contributed by atoms with Crippen LogP contribution in [0.2, 0.25) is 0 Å². The van der Waals surface area contributed by atoms with Gasteiger partial charge in [-0.1, -0.05) is 30.3 Å². The van der Waals surface area contributed by atoms with Crippen molar-refractivity contribution in [1.29, 1.82) is 0 Å². The molecular weight excluding hydrogens is 366 g/mol. The van der Waals surface area contributed by atoms with Gasteiger partial charge in [0.05, 0.1) is 24.5 Å². The smallest absolute Gasteiger partial charge is 0.255 e. The molecule has 0 bridgehead atoms. The Morgan fingerprint density at radius 1 is 1.24 bits per heavy atom. The van der Waals surface area contributed by atoms with E-state index in [2.05, 4.69) is 27.0 Å². The van der Waals surface area contributed by atoms with Crippen molar-refractivity contribution in [3.63, 3.8) is 0 Å². The Balaban J connectivity index is 1.51. The van der Waals surface area contributed by atoms with Gasteiger partial charge >= 0.3 is 0 Å². The maximum atomic E-state index is 13.1. The fourth-order valence-electron chi connectivity index (χ4n) is 3.98. The summed E-state index contributed by atoms with van der Waals surface area (Å²) in [5.41, 5.74) is 3.28. The monoisotopic (exact) mass is 393 g/mol. The predicted octanol–water partition coefficient (Wildman–Crippen LogP) is 1.81. The number of nitrogens with zero attached hydrogens (tertiary/aromatic N) is 5. The third kappa shape index (κ3) is 4.02. The lowest BCUT2D eigenvalue weighted by molar-refractivity contribution is 0.0673. The van der Waals surface area contributed by atoms with Gasteiger partial charge in [0, 0.05) is 25.3 Å². The number of aromatic nitrogens is 3. The highest BCUT2D eigenvalue weighted by Crippen LogP contribution is 2.23. The van der Waals surface area contributed by atoms with Crippen molar-refractivity contribution in [3.8, 4) is 0 Å². The molecule has 1 saturated heterocycles. The van der Waals surface area contributed by atoms with E-state index >= 15 is 0 Å². The molecule has 4 rings (SSSR count). The molecule has 2 aromatic heterocycles. The van der Waals surface area contributed by atoms with Crippen molar-refractivity contribution in [3.05, 3.63) is 60.0 Å². The van der Waals surface area contributed by atoms with Gasteiger partial charge in [-0.15, -0.1) is 0 Å². The molecule has 0 saturated carbocycles. The van der Waals surface area contributed by atoms with Gasteiger partial charge in [0.25, 0.3) is 5.91 Å². The molecule has 0 unspecified atom stereocenters. The van der Waals surface area contributed by atoms with Crippen LogP contribution >= 0.6 is 0 Å². The quantitative estimate of drug-likeness (QED) is 0.691. The van der Waals surface area contributed by atoms with Crippen LogP contribution in [0.1, 0.15) is 22.3 Å². The summed E-state index contributed by atoms with van der Waals surface area (Å²) in [6.45, 7) is 1.37. The van der Waals surface area contributed by atoms with Gasteiger partial charge in [-0.05, 0) is 38.6 Å². The lowest BCUT2D eigenvalue weighted by Gasteiger charge is -2.23. The number of pyridine rings is 1. The average molecular weight is 393 g/mol. The van der Waals surface area contributed by atoms with E-state index in [0.717, 1.165) is 25.0 Å². The number of likely N-dealkylation sites (N-methyl/N-ethyl adjacent to an activating group) is 1. The van der Waals surface area contributed by atoms with Crippen LogP contribution in [0.5, 0.6) is 0 Å². The first-order valence-corrected chi connectivity index (χ1v) is 10.00. The van der Waals surface area contributed by atoms with Crippen LogP contribution in [-0.2, 0) is 13.0 Å². The number of aryl methyl sites for hydroxylation is 2. The summed E-state index contributed by atoms with van der Waals surface area (Å²) >= 11 is 0. The number of rotatable bonds is 6. The Bertz CT molecular complexity index is 985. The van der Waals surface area contributed by atoms with Crippen LogP contribution in [0.15, 0.2) is 48.9 Å². The van der Waals surface area contributed by atoms with Gasteiger partial charge in [0.15, 0.2) is 5.65 Å². The number of amides is 1. The normalized spacial score (nSPS) is 19.4. The summed E-state index contributed by atoms with van der Waals surface area (Å²) in [5, 5.41) is 9.72. The second-order valence-electron chi connectivity index (χ2n) is 7.89. The molecule has 3 aromatic rings. The van der Waals surface area contributed by atoms with Crippen LogP contribution in [-0.4, -0.2) is 74.7 Å². The van der Waals surface area contributed by atoms with E-state index in [0.29, 0.717) is 17.6 Å². The molecule has 7 heteroatoms. The minimum absolute atomic E-state index is 0.0279. The van der Waals surface area contributed by atoms with Crippen LogP contribution in [0.4, 0.5) is 0 Å². The van der Waals surface area contributed by atoms with Gasteiger partial charge in [0.2, 0.25) is 0 Å². The minimum atomic E-state index is -0.158. The SMILES string of the molecule is CN(C)[C@H]1C[C@@H](CO)N(C(=O)c2cnc3c(c2)ncn3CCc2ccccc2)C1. The molecule has 152 valence electrons. The van der Waals surface area contributed by atoms with Crippen LogP contribution in [0.3, 0.4) is 0 Å². The van der Waals surface area contributed by atoms with Crippen molar-refractivity contribution in [2.75, 3.05) is 27.2 Å². The number of imidazole rings is 1. The molecule has 2 atom stereocenters. The average Bonchev–Trinajstić information content (AvgIpc) is 3.36. The molecule has 7 nitrogen and oxygen atoms in total. The molecule has 1 aliphatic heterocycles. The van der Waals surface area contributed by atoms with Crippen molar-refractivity contribution >= 4 is 17.1 Å². The number of carbonyl (C=O) groups excluding carboxylic acids is 1. The molecule has 1 fully saturated rings. The number of fused-ring (bicyclic) bond motifs is 1. The maximum absolute atomic E-state index is 13.1. The largest absolute Gasteiger partial charge is 0.394 e. The fourth-order valence-corrected chi connectivity index (χ4v) is 3.98. The third-order valence-corrected chi connectivity index (χ3v) is 5.78. The summed E-state index contributed by atoms with van der Waals surface area (Å²) in [5.74, 6) is -0.0957. The van der Waals surface area contributed by atoms with Gasteiger partial charge in [-0.3, -0.25) is 4.79 Å². The maximum Gasteiger partial charge on any atom is 0.255 e. The first-order valence-electron chi connectivity index (χ1n) is 10.00. The molecule has 1 aliphatic rings. The van der Waals surface area contributed by atoms with E-state index in [9.17, 15) is 9.90 Å². The Morgan fingerprint density at radius 3 is 2.76 bits per heavy atom. The van der Waals surface area contributed by atoms with E-state index < -0.39 is 0 Å². The van der Waals surface area contributed by atoms with E-state index in [1.165, 1.54) is 5.56 Å². The molecule has 29 heavy (non-hydrogen) atoms. The predicted molar refractivity (Wildman–Crippen MR) is 112 cm³/mol. The number of hydrogen-bond acceptors (Lipinski definition) is 5. The Kier molecular flexibility index (Phi) is 5.60. The number of aliphatic hydroxyl groups excluding tert-OH is 1. The van der Waals surface area contributed by atoms with Crippen molar-refractivity contribution in [2.45, 2.75) is 31.5 Å². The standard InChI is InChI=1S/C22H27N5O2/c1-25(2)18-11-19(14-28)27(13-18)22(29)17-10-20-21(23-12-17)26(15-24-20)9-8-16-6-4-3-5-7-16/h3-7,10,12,15,18-19,28H,8-9,11,13-14H2,1-2H3/t18-,19-/m0/s1. The first kappa shape index (κ1) is 19.5. The summed E-state index contributed by atoms with van der Waals surface area (Å²) in [6, 6.07) is 12.2. The number of aliphatic hydroxyl groups is 1. The molecule has 3 heterocycles. The molecule has 1 N–H and O–H groups in total. The summed E-state index contributed by atoms with van der Waals surface area (Å²) in [4.78, 5) is 25.9. The lowest BCUT2D eigenvalue weighted by atomic mass is 10.1. The van der Waals surface area contributed by atoms with Gasteiger partial charge in [-0.25, -0.2) is 9.97 Å². The van der Waals surface area contributed by atoms with E-state index in [-0.39, 0.29) is 24.6 Å². The van der Waals surface area contributed by atoms with Crippen molar-refractivity contribution in [1.82, 2.24) is 24.3 Å². The second kappa shape index (κ2) is 8.31. The van der Waals surface area contributed by atoms with E-state index in [1.807, 2.05) is 36.9 Å². The second-order valence-corrected chi connectivity index (χ2v) is 7.89. The molecule has 1 amide bonds. The zero-order chi connectivity index (χ0) is 20.4. The summed E-state index contributed by atoms with van der Waals surface area (Å²) < 4.78 is 2.02. The molecule has 1 aromatic carbocycles. The number of benzene rings is 1. The summed E-state index contributed by atoms with van der Waals surface area (Å²) in [7, 11) is 4.01. The zero-order valence-electron chi connectivity index (χ0n) is 16.9. The highest BCUT2D eigenvalue weighted by molar-refractivity contribution is 5.96. The zero-order valence-corrected chi connectivity index (χ0v) is 16.9. The van der Waals surface area contributed by atoms with Gasteiger partial charge in [0.1, 0.15) is 5.52 Å². The number of hydrogen-bond donors (Lipinski definition) is 1. The minimum Gasteiger partial charge on any atom is -0.394 e. The molecule has 0 aliphatic carbocycles. The molecular formula is C22H27N5O2. The highest BCUT2D eigenvalue weighted by Gasteiger charge is 2.36. The molecule has 0 spiro atoms. The van der Waals surface area contributed by atoms with Crippen LogP contribution in [0, 0.1) is 0 Å². The van der Waals surface area contributed by atoms with E-state index in [4.69, 9.17) is 0 Å². The Hall–Kier alpha value is -2.77. The molecule has 0 radical (unpaired) electrons. The summed E-state index contributed by atoms with van der Waals surface area (Å²) in [6.07, 6.45) is 5.08.